The van der Waals surface area contributed by atoms with Gasteiger partial charge in [0, 0.05) is 16.3 Å². The van der Waals surface area contributed by atoms with E-state index in [4.69, 9.17) is 0 Å². The molecule has 0 radical (unpaired) electrons. The van der Waals surface area contributed by atoms with Crippen molar-refractivity contribution >= 4 is 40.1 Å². The fourth-order valence-corrected chi connectivity index (χ4v) is 5.82. The smallest absolute Gasteiger partial charge is 0.291 e. The summed E-state index contributed by atoms with van der Waals surface area (Å²) in [5, 5.41) is 4.24. The molecule has 0 saturated carbocycles. The van der Waals surface area contributed by atoms with E-state index in [2.05, 4.69) is 33.9 Å². The van der Waals surface area contributed by atoms with E-state index >= 15 is 0 Å². The zero-order valence-corrected chi connectivity index (χ0v) is 16.5. The molecule has 0 fully saturated rings. The zero-order chi connectivity index (χ0) is 18.5. The molecule has 0 N–H and O–H groups in total. The van der Waals surface area contributed by atoms with Gasteiger partial charge in [-0.3, -0.25) is 19.4 Å². The van der Waals surface area contributed by atoms with E-state index < -0.39 is 11.7 Å². The van der Waals surface area contributed by atoms with Crippen LogP contribution in [0, 0.1) is 6.92 Å². The number of hydrogen-bond acceptors (Lipinski definition) is 5. The maximum absolute atomic E-state index is 12.7. The van der Waals surface area contributed by atoms with E-state index in [0.29, 0.717) is 12.2 Å². The van der Waals surface area contributed by atoms with Crippen LogP contribution in [0.2, 0.25) is 0 Å². The highest BCUT2D eigenvalue weighted by Crippen LogP contribution is 2.40. The number of fused-ring (bicyclic) bond motifs is 2. The van der Waals surface area contributed by atoms with E-state index in [-0.39, 0.29) is 6.04 Å². The molecule has 4 nitrogen and oxygen atoms in total. The molecule has 3 aromatic rings. The summed E-state index contributed by atoms with van der Waals surface area (Å²) in [5.74, 6) is -0.814. The Morgan fingerprint density at radius 3 is 2.81 bits per heavy atom. The number of carbonyl (C=O) groups is 2. The second-order valence-corrected chi connectivity index (χ2v) is 8.98. The average Bonchev–Trinajstić information content (AvgIpc) is 3.39. The van der Waals surface area contributed by atoms with Crippen LogP contribution < -0.4 is 4.90 Å². The number of carbonyl (C=O) groups excluding carboxylic acids is 2. The van der Waals surface area contributed by atoms with Gasteiger partial charge in [-0.15, -0.1) is 22.7 Å². The highest BCUT2D eigenvalue weighted by atomic mass is 32.1. The highest BCUT2D eigenvalue weighted by molar-refractivity contribution is 7.10. The lowest BCUT2D eigenvalue weighted by Crippen LogP contribution is -2.45. The van der Waals surface area contributed by atoms with Gasteiger partial charge in [-0.25, -0.2) is 0 Å². The molecule has 2 aliphatic heterocycles. The predicted molar refractivity (Wildman–Crippen MR) is 109 cm³/mol. The molecule has 1 aromatic carbocycles. The fourth-order valence-electron chi connectivity index (χ4n) is 4.04. The van der Waals surface area contributed by atoms with Crippen LogP contribution in [-0.2, 0) is 11.2 Å². The van der Waals surface area contributed by atoms with E-state index in [1.165, 1.54) is 15.3 Å². The summed E-state index contributed by atoms with van der Waals surface area (Å²) < 4.78 is 0. The molecule has 1 atom stereocenters. The minimum atomic E-state index is -0.420. The van der Waals surface area contributed by atoms with Crippen molar-refractivity contribution in [2.24, 2.45) is 0 Å². The van der Waals surface area contributed by atoms with Gasteiger partial charge in [0.1, 0.15) is 0 Å². The molecule has 5 rings (SSSR count). The molecule has 0 aliphatic carbocycles. The van der Waals surface area contributed by atoms with Crippen molar-refractivity contribution in [1.29, 1.82) is 0 Å². The topological polar surface area (TPSA) is 40.6 Å². The van der Waals surface area contributed by atoms with E-state index in [0.717, 1.165) is 24.2 Å². The summed E-state index contributed by atoms with van der Waals surface area (Å²) in [4.78, 5) is 31.8. The van der Waals surface area contributed by atoms with Crippen molar-refractivity contribution in [3.8, 4) is 0 Å². The van der Waals surface area contributed by atoms with Crippen LogP contribution in [0.15, 0.2) is 47.2 Å². The van der Waals surface area contributed by atoms with Crippen LogP contribution in [0.1, 0.15) is 37.3 Å². The Balaban J connectivity index is 1.52. The molecule has 0 spiro atoms. The molecule has 136 valence electrons. The standard InChI is InChI=1S/C21H18N2O2S2/c1-13-4-5-16-15(11-13)20(24)21(25)23(16)12-22-8-6-17-14(7-10-27-17)19(22)18-3-2-9-26-18/h2-5,7,9-11,19H,6,8,12H2,1H3/t19-/m0/s1. The first kappa shape index (κ1) is 16.9. The number of Topliss-reactive ketones (excluding diaryl/α,β-unsaturated/α-hetero) is 1. The molecule has 0 bridgehead atoms. The maximum Gasteiger partial charge on any atom is 0.300 e. The number of nitrogens with zero attached hydrogens (tertiary/aromatic N) is 2. The van der Waals surface area contributed by atoms with Gasteiger partial charge >= 0.3 is 5.91 Å². The molecule has 0 unspecified atom stereocenters. The number of hydrogen-bond donors (Lipinski definition) is 0. The van der Waals surface area contributed by atoms with Crippen LogP contribution in [0.3, 0.4) is 0 Å². The highest BCUT2D eigenvalue weighted by Gasteiger charge is 2.39. The second-order valence-electron chi connectivity index (χ2n) is 7.00. The Bertz CT molecular complexity index is 1040. The molecule has 2 aromatic heterocycles. The average molecular weight is 395 g/mol. The zero-order valence-electron chi connectivity index (χ0n) is 14.8. The number of rotatable bonds is 3. The van der Waals surface area contributed by atoms with Crippen LogP contribution in [-0.4, -0.2) is 29.8 Å². The van der Waals surface area contributed by atoms with Crippen molar-refractivity contribution in [3.05, 3.63) is 73.6 Å². The van der Waals surface area contributed by atoms with E-state index in [1.807, 2.05) is 25.1 Å². The summed E-state index contributed by atoms with van der Waals surface area (Å²) in [6, 6.07) is 12.2. The van der Waals surface area contributed by atoms with Crippen molar-refractivity contribution < 1.29 is 9.59 Å². The van der Waals surface area contributed by atoms with Crippen molar-refractivity contribution in [2.45, 2.75) is 19.4 Å². The summed E-state index contributed by atoms with van der Waals surface area (Å²) in [7, 11) is 0. The SMILES string of the molecule is Cc1ccc2c(c1)C(=O)C(=O)N2CN1CCc2sccc2[C@H]1c1cccs1. The normalized spacial score (nSPS) is 19.4. The number of anilines is 1. The number of aryl methyl sites for hydroxylation is 1. The van der Waals surface area contributed by atoms with Gasteiger partial charge in [0.2, 0.25) is 0 Å². The Morgan fingerprint density at radius 1 is 1.11 bits per heavy atom. The van der Waals surface area contributed by atoms with Gasteiger partial charge in [0.25, 0.3) is 5.78 Å². The predicted octanol–water partition coefficient (Wildman–Crippen LogP) is 4.25. The molecule has 1 amide bonds. The lowest BCUT2D eigenvalue weighted by atomic mass is 9.99. The third-order valence-corrected chi connectivity index (χ3v) is 7.25. The Hall–Kier alpha value is -2.28. The minimum absolute atomic E-state index is 0.136. The van der Waals surface area contributed by atoms with Crippen LogP contribution in [0.5, 0.6) is 0 Å². The van der Waals surface area contributed by atoms with Crippen LogP contribution in [0.4, 0.5) is 5.69 Å². The van der Waals surface area contributed by atoms with Gasteiger partial charge in [0.05, 0.1) is 24.0 Å². The van der Waals surface area contributed by atoms with Gasteiger partial charge < -0.3 is 0 Å². The fraction of sp³-hybridized carbons (Fsp3) is 0.238. The van der Waals surface area contributed by atoms with Crippen LogP contribution >= 0.6 is 22.7 Å². The van der Waals surface area contributed by atoms with Gasteiger partial charge in [-0.2, -0.15) is 0 Å². The summed E-state index contributed by atoms with van der Waals surface area (Å²) in [6.07, 6.45) is 0.978. The number of ketones is 1. The van der Waals surface area contributed by atoms with Crippen molar-refractivity contribution in [3.63, 3.8) is 0 Å². The second kappa shape index (κ2) is 6.41. The third kappa shape index (κ3) is 2.67. The number of amides is 1. The number of thiophene rings is 2. The minimum Gasteiger partial charge on any atom is -0.291 e. The lowest BCUT2D eigenvalue weighted by molar-refractivity contribution is -0.114. The summed E-state index contributed by atoms with van der Waals surface area (Å²) >= 11 is 3.55. The first-order valence-corrected chi connectivity index (χ1v) is 10.7. The largest absolute Gasteiger partial charge is 0.300 e. The molecule has 2 aliphatic rings. The molecule has 6 heteroatoms. The monoisotopic (exact) mass is 394 g/mol. The Labute approximate surface area is 165 Å². The number of benzene rings is 1. The Morgan fingerprint density at radius 2 is 2.00 bits per heavy atom. The maximum atomic E-state index is 12.7. The van der Waals surface area contributed by atoms with E-state index in [9.17, 15) is 9.59 Å². The molecule has 4 heterocycles. The summed E-state index contributed by atoms with van der Waals surface area (Å²) in [6.45, 7) is 3.24. The lowest BCUT2D eigenvalue weighted by Gasteiger charge is -2.37. The first-order chi connectivity index (χ1) is 13.1. The Kier molecular flexibility index (Phi) is 4.00. The quantitative estimate of drug-likeness (QED) is 0.624. The van der Waals surface area contributed by atoms with Crippen molar-refractivity contribution in [1.82, 2.24) is 4.90 Å². The molecule has 0 saturated heterocycles. The third-order valence-electron chi connectivity index (χ3n) is 5.33. The van der Waals surface area contributed by atoms with Gasteiger partial charge in [-0.05, 0) is 53.9 Å². The summed E-state index contributed by atoms with van der Waals surface area (Å²) in [5.41, 5.74) is 3.59. The molecular weight excluding hydrogens is 376 g/mol. The molecule has 27 heavy (non-hydrogen) atoms. The van der Waals surface area contributed by atoms with Gasteiger partial charge in [0.15, 0.2) is 0 Å². The molecular formula is C21H18N2O2S2. The van der Waals surface area contributed by atoms with Gasteiger partial charge in [-0.1, -0.05) is 17.7 Å². The van der Waals surface area contributed by atoms with E-state index in [1.54, 1.807) is 27.6 Å². The van der Waals surface area contributed by atoms with Crippen LogP contribution in [0.25, 0.3) is 0 Å². The first-order valence-electron chi connectivity index (χ1n) is 8.94. The van der Waals surface area contributed by atoms with Crippen molar-refractivity contribution in [2.75, 3.05) is 18.1 Å².